The van der Waals surface area contributed by atoms with E-state index >= 15 is 0 Å². The van der Waals surface area contributed by atoms with Gasteiger partial charge in [-0.3, -0.25) is 10.1 Å². The first-order valence-corrected chi connectivity index (χ1v) is 5.06. The standard InChI is InChI=1S/C10H15N3O2/c1-7-5-12-9(15-7)6-11-8-3-4-13(2)10(8)14/h5,8,11H,3-4,6H2,1-2H3. The van der Waals surface area contributed by atoms with Crippen LogP contribution in [0.15, 0.2) is 10.6 Å². The molecule has 1 amide bonds. The fourth-order valence-electron chi connectivity index (χ4n) is 1.71. The number of amides is 1. The molecule has 1 aromatic heterocycles. The molecule has 0 radical (unpaired) electrons. The Hall–Kier alpha value is -1.36. The fourth-order valence-corrected chi connectivity index (χ4v) is 1.71. The van der Waals surface area contributed by atoms with Crippen molar-refractivity contribution >= 4 is 5.91 Å². The van der Waals surface area contributed by atoms with Crippen molar-refractivity contribution in [2.24, 2.45) is 0 Å². The highest BCUT2D eigenvalue weighted by molar-refractivity contribution is 5.83. The maximum atomic E-state index is 11.5. The molecule has 0 aliphatic carbocycles. The van der Waals surface area contributed by atoms with Crippen LogP contribution >= 0.6 is 0 Å². The molecule has 5 nitrogen and oxygen atoms in total. The van der Waals surface area contributed by atoms with E-state index in [1.165, 1.54) is 0 Å². The van der Waals surface area contributed by atoms with Crippen molar-refractivity contribution in [2.75, 3.05) is 13.6 Å². The summed E-state index contributed by atoms with van der Waals surface area (Å²) >= 11 is 0. The number of oxazole rings is 1. The molecule has 2 heterocycles. The van der Waals surface area contributed by atoms with Gasteiger partial charge in [0.25, 0.3) is 0 Å². The molecule has 1 aliphatic rings. The summed E-state index contributed by atoms with van der Waals surface area (Å²) in [5.74, 6) is 1.58. The van der Waals surface area contributed by atoms with Crippen LogP contribution in [0, 0.1) is 6.92 Å². The number of aryl methyl sites for hydroxylation is 1. The number of rotatable bonds is 3. The molecule has 1 aliphatic heterocycles. The maximum Gasteiger partial charge on any atom is 0.239 e. The maximum absolute atomic E-state index is 11.5. The molecule has 1 aromatic rings. The van der Waals surface area contributed by atoms with Crippen molar-refractivity contribution in [3.8, 4) is 0 Å². The largest absolute Gasteiger partial charge is 0.445 e. The van der Waals surface area contributed by atoms with Gasteiger partial charge in [0.15, 0.2) is 0 Å². The lowest BCUT2D eigenvalue weighted by Crippen LogP contribution is -2.36. The summed E-state index contributed by atoms with van der Waals surface area (Å²) in [6.45, 7) is 3.18. The second-order valence-electron chi connectivity index (χ2n) is 3.85. The molecule has 1 fully saturated rings. The molecule has 0 bridgehead atoms. The predicted molar refractivity (Wildman–Crippen MR) is 54.1 cm³/mol. The van der Waals surface area contributed by atoms with Crippen molar-refractivity contribution in [1.29, 1.82) is 0 Å². The van der Waals surface area contributed by atoms with Crippen molar-refractivity contribution in [2.45, 2.75) is 25.9 Å². The minimum Gasteiger partial charge on any atom is -0.445 e. The van der Waals surface area contributed by atoms with Crippen LogP contribution < -0.4 is 5.32 Å². The van der Waals surface area contributed by atoms with Crippen LogP contribution in [-0.4, -0.2) is 35.4 Å². The van der Waals surface area contributed by atoms with Crippen molar-refractivity contribution in [1.82, 2.24) is 15.2 Å². The van der Waals surface area contributed by atoms with Crippen molar-refractivity contribution < 1.29 is 9.21 Å². The Kier molecular flexibility index (Phi) is 2.73. The van der Waals surface area contributed by atoms with Crippen LogP contribution in [-0.2, 0) is 11.3 Å². The molecule has 1 N–H and O–H groups in total. The van der Waals surface area contributed by atoms with E-state index < -0.39 is 0 Å². The third kappa shape index (κ3) is 2.18. The summed E-state index contributed by atoms with van der Waals surface area (Å²) in [5, 5.41) is 3.14. The third-order valence-corrected chi connectivity index (χ3v) is 2.60. The average molecular weight is 209 g/mol. The molecule has 1 saturated heterocycles. The SMILES string of the molecule is Cc1cnc(CNC2CCN(C)C2=O)o1. The number of hydrogen-bond donors (Lipinski definition) is 1. The Labute approximate surface area is 88.5 Å². The van der Waals surface area contributed by atoms with Gasteiger partial charge in [0.05, 0.1) is 18.8 Å². The number of carbonyl (C=O) groups excluding carboxylic acids is 1. The van der Waals surface area contributed by atoms with Crippen molar-refractivity contribution in [3.63, 3.8) is 0 Å². The molecular weight excluding hydrogens is 194 g/mol. The van der Waals surface area contributed by atoms with Gasteiger partial charge in [0.2, 0.25) is 11.8 Å². The number of nitrogens with one attached hydrogen (secondary N) is 1. The van der Waals surface area contributed by atoms with Gasteiger partial charge >= 0.3 is 0 Å². The number of hydrogen-bond acceptors (Lipinski definition) is 4. The summed E-state index contributed by atoms with van der Waals surface area (Å²) < 4.78 is 5.31. The second-order valence-corrected chi connectivity index (χ2v) is 3.85. The van der Waals surface area contributed by atoms with E-state index in [9.17, 15) is 4.79 Å². The molecule has 15 heavy (non-hydrogen) atoms. The highest BCUT2D eigenvalue weighted by Gasteiger charge is 2.28. The van der Waals surface area contributed by atoms with Crippen LogP contribution in [0.2, 0.25) is 0 Å². The number of likely N-dealkylation sites (tertiary alicyclic amines) is 1. The fraction of sp³-hybridized carbons (Fsp3) is 0.600. The minimum atomic E-state index is -0.0813. The summed E-state index contributed by atoms with van der Waals surface area (Å²) in [6, 6.07) is -0.0813. The number of likely N-dealkylation sites (N-methyl/N-ethyl adjacent to an activating group) is 1. The van der Waals surface area contributed by atoms with E-state index in [2.05, 4.69) is 10.3 Å². The molecule has 5 heteroatoms. The second kappa shape index (κ2) is 4.02. The zero-order chi connectivity index (χ0) is 10.8. The van der Waals surface area contributed by atoms with Gasteiger partial charge in [-0.1, -0.05) is 0 Å². The normalized spacial score (nSPS) is 21.3. The molecular formula is C10H15N3O2. The lowest BCUT2D eigenvalue weighted by molar-refractivity contribution is -0.128. The average Bonchev–Trinajstić information content (AvgIpc) is 2.74. The Balaban J connectivity index is 1.86. The molecule has 82 valence electrons. The Bertz CT molecular complexity index is 361. The molecule has 0 saturated carbocycles. The number of aromatic nitrogens is 1. The zero-order valence-electron chi connectivity index (χ0n) is 8.99. The Morgan fingerprint density at radius 1 is 1.73 bits per heavy atom. The third-order valence-electron chi connectivity index (χ3n) is 2.60. The van der Waals surface area contributed by atoms with Crippen LogP contribution in [0.3, 0.4) is 0 Å². The number of carbonyl (C=O) groups is 1. The summed E-state index contributed by atoms with van der Waals surface area (Å²) in [4.78, 5) is 17.3. The first-order valence-electron chi connectivity index (χ1n) is 5.06. The molecule has 0 spiro atoms. The lowest BCUT2D eigenvalue weighted by atomic mass is 10.2. The van der Waals surface area contributed by atoms with Gasteiger partial charge in [-0.05, 0) is 13.3 Å². The molecule has 1 unspecified atom stereocenters. The highest BCUT2D eigenvalue weighted by atomic mass is 16.4. The van der Waals surface area contributed by atoms with Crippen LogP contribution in [0.4, 0.5) is 0 Å². The lowest BCUT2D eigenvalue weighted by Gasteiger charge is -2.10. The van der Waals surface area contributed by atoms with Gasteiger partial charge in [-0.15, -0.1) is 0 Å². The predicted octanol–water partition coefficient (Wildman–Crippen LogP) is 0.303. The van der Waals surface area contributed by atoms with Crippen molar-refractivity contribution in [3.05, 3.63) is 17.8 Å². The summed E-state index contributed by atoms with van der Waals surface area (Å²) in [6.07, 6.45) is 2.54. The number of nitrogens with zero attached hydrogens (tertiary/aromatic N) is 2. The minimum absolute atomic E-state index is 0.0813. The van der Waals surface area contributed by atoms with Gasteiger partial charge in [-0.2, -0.15) is 0 Å². The van der Waals surface area contributed by atoms with E-state index in [4.69, 9.17) is 4.42 Å². The summed E-state index contributed by atoms with van der Waals surface area (Å²) in [7, 11) is 1.82. The molecule has 1 atom stereocenters. The van der Waals surface area contributed by atoms with E-state index in [0.717, 1.165) is 18.7 Å². The quantitative estimate of drug-likeness (QED) is 0.778. The monoisotopic (exact) mass is 209 g/mol. The van der Waals surface area contributed by atoms with Gasteiger partial charge < -0.3 is 9.32 Å². The first kappa shape index (κ1) is 10.2. The van der Waals surface area contributed by atoms with Crippen LogP contribution in [0.5, 0.6) is 0 Å². The smallest absolute Gasteiger partial charge is 0.239 e. The van der Waals surface area contributed by atoms with Gasteiger partial charge in [-0.25, -0.2) is 4.98 Å². The van der Waals surface area contributed by atoms with Gasteiger partial charge in [0.1, 0.15) is 5.76 Å². The topological polar surface area (TPSA) is 58.4 Å². The molecule has 0 aromatic carbocycles. The Morgan fingerprint density at radius 2 is 2.53 bits per heavy atom. The van der Waals surface area contributed by atoms with E-state index in [0.29, 0.717) is 12.4 Å². The van der Waals surface area contributed by atoms with Crippen LogP contribution in [0.1, 0.15) is 18.1 Å². The van der Waals surface area contributed by atoms with E-state index in [1.54, 1.807) is 11.1 Å². The Morgan fingerprint density at radius 3 is 3.07 bits per heavy atom. The van der Waals surface area contributed by atoms with Crippen LogP contribution in [0.25, 0.3) is 0 Å². The van der Waals surface area contributed by atoms with Gasteiger partial charge in [0, 0.05) is 13.6 Å². The summed E-state index contributed by atoms with van der Waals surface area (Å²) in [5.41, 5.74) is 0. The van der Waals surface area contributed by atoms with E-state index in [1.807, 2.05) is 14.0 Å². The van der Waals surface area contributed by atoms with E-state index in [-0.39, 0.29) is 11.9 Å². The molecule has 2 rings (SSSR count). The highest BCUT2D eigenvalue weighted by Crippen LogP contribution is 2.09. The zero-order valence-corrected chi connectivity index (χ0v) is 8.99. The first-order chi connectivity index (χ1) is 7.16.